The first kappa shape index (κ1) is 7.80. The third-order valence-corrected chi connectivity index (χ3v) is 2.50. The van der Waals surface area contributed by atoms with Crippen LogP contribution < -0.4 is 0 Å². The van der Waals surface area contributed by atoms with Gasteiger partial charge in [0, 0.05) is 19.0 Å². The number of hydrogen-bond donors (Lipinski definition) is 0. The molecule has 0 saturated carbocycles. The quantitative estimate of drug-likeness (QED) is 0.455. The van der Waals surface area contributed by atoms with Crippen LogP contribution in [0.2, 0.25) is 0 Å². The van der Waals surface area contributed by atoms with Crippen LogP contribution in [0.15, 0.2) is 17.5 Å². The van der Waals surface area contributed by atoms with E-state index in [1.807, 2.05) is 13.0 Å². The minimum atomic E-state index is 0.676. The molecule has 66 valence electrons. The maximum absolute atomic E-state index is 5.00. The van der Waals surface area contributed by atoms with Crippen LogP contribution in [0.1, 0.15) is 13.3 Å². The standard InChI is InChI=1S/C9H14N2O/c1-2-5-12-10-9-7-11-4-3-8(9)6-11/h2,5,8H,3-4,6-7H2,1H3/b5-2-,10-9-. The predicted molar refractivity (Wildman–Crippen MR) is 47.9 cm³/mol. The molecule has 2 bridgehead atoms. The van der Waals surface area contributed by atoms with Crippen LogP contribution in [-0.4, -0.2) is 30.2 Å². The van der Waals surface area contributed by atoms with E-state index >= 15 is 0 Å². The Bertz CT molecular complexity index is 223. The Morgan fingerprint density at radius 3 is 3.17 bits per heavy atom. The predicted octanol–water partition coefficient (Wildman–Crippen LogP) is 1.23. The molecule has 0 aromatic carbocycles. The molecular weight excluding hydrogens is 152 g/mol. The van der Waals surface area contributed by atoms with Gasteiger partial charge in [0.05, 0.1) is 5.71 Å². The van der Waals surface area contributed by atoms with Crippen molar-refractivity contribution in [2.75, 3.05) is 19.6 Å². The molecule has 0 aromatic heterocycles. The number of allylic oxidation sites excluding steroid dienone is 1. The lowest BCUT2D eigenvalue weighted by Crippen LogP contribution is -2.23. The minimum absolute atomic E-state index is 0.676. The van der Waals surface area contributed by atoms with E-state index in [2.05, 4.69) is 10.1 Å². The molecule has 2 fully saturated rings. The second-order valence-electron chi connectivity index (χ2n) is 3.38. The normalized spacial score (nSPS) is 36.9. The summed E-state index contributed by atoms with van der Waals surface area (Å²) in [5, 5.41) is 4.08. The maximum Gasteiger partial charge on any atom is 0.117 e. The van der Waals surface area contributed by atoms with Gasteiger partial charge in [-0.1, -0.05) is 5.16 Å². The maximum atomic E-state index is 5.00. The van der Waals surface area contributed by atoms with Crippen molar-refractivity contribution in [3.8, 4) is 0 Å². The number of oxime groups is 1. The van der Waals surface area contributed by atoms with Crippen molar-refractivity contribution in [3.63, 3.8) is 0 Å². The van der Waals surface area contributed by atoms with E-state index < -0.39 is 0 Å². The van der Waals surface area contributed by atoms with Crippen molar-refractivity contribution < 1.29 is 4.84 Å². The van der Waals surface area contributed by atoms with Crippen molar-refractivity contribution in [3.05, 3.63) is 12.3 Å². The van der Waals surface area contributed by atoms with Gasteiger partial charge in [-0.15, -0.1) is 0 Å². The van der Waals surface area contributed by atoms with Gasteiger partial charge < -0.3 is 4.84 Å². The second kappa shape index (κ2) is 3.27. The number of hydrogen-bond acceptors (Lipinski definition) is 3. The van der Waals surface area contributed by atoms with Crippen LogP contribution in [0.3, 0.4) is 0 Å². The molecular formula is C9H14N2O. The summed E-state index contributed by atoms with van der Waals surface area (Å²) < 4.78 is 0. The summed E-state index contributed by atoms with van der Waals surface area (Å²) in [6.45, 7) is 5.37. The van der Waals surface area contributed by atoms with Gasteiger partial charge in [0.25, 0.3) is 0 Å². The molecule has 0 N–H and O–H groups in total. The summed E-state index contributed by atoms with van der Waals surface area (Å²) in [6, 6.07) is 0. The average Bonchev–Trinajstić information content (AvgIpc) is 2.65. The van der Waals surface area contributed by atoms with Crippen molar-refractivity contribution in [2.24, 2.45) is 11.1 Å². The van der Waals surface area contributed by atoms with Crippen molar-refractivity contribution in [1.82, 2.24) is 4.90 Å². The van der Waals surface area contributed by atoms with Crippen LogP contribution >= 0.6 is 0 Å². The first-order valence-corrected chi connectivity index (χ1v) is 4.46. The van der Waals surface area contributed by atoms with Gasteiger partial charge in [0.1, 0.15) is 6.26 Å². The Morgan fingerprint density at radius 2 is 2.58 bits per heavy atom. The molecule has 2 rings (SSSR count). The van der Waals surface area contributed by atoms with Crippen molar-refractivity contribution in [1.29, 1.82) is 0 Å². The zero-order chi connectivity index (χ0) is 8.39. The summed E-state index contributed by atoms with van der Waals surface area (Å²) in [4.78, 5) is 7.42. The molecule has 2 heterocycles. The average molecular weight is 166 g/mol. The second-order valence-corrected chi connectivity index (χ2v) is 3.38. The van der Waals surface area contributed by atoms with E-state index in [0.29, 0.717) is 5.92 Å². The van der Waals surface area contributed by atoms with Gasteiger partial charge in [-0.2, -0.15) is 0 Å². The smallest absolute Gasteiger partial charge is 0.117 e. The molecule has 0 amide bonds. The van der Waals surface area contributed by atoms with Gasteiger partial charge in [-0.25, -0.2) is 0 Å². The molecule has 2 aliphatic rings. The fourth-order valence-corrected chi connectivity index (χ4v) is 1.87. The Morgan fingerprint density at radius 1 is 1.67 bits per heavy atom. The van der Waals surface area contributed by atoms with Crippen LogP contribution in [0, 0.1) is 5.92 Å². The molecule has 3 heteroatoms. The minimum Gasteiger partial charge on any atom is -0.365 e. The number of rotatable bonds is 2. The molecule has 0 aliphatic carbocycles. The lowest BCUT2D eigenvalue weighted by atomic mass is 10.0. The molecule has 3 nitrogen and oxygen atoms in total. The van der Waals surface area contributed by atoms with E-state index in [9.17, 15) is 0 Å². The Labute approximate surface area is 72.7 Å². The summed E-state index contributed by atoms with van der Waals surface area (Å²) in [5.41, 5.74) is 1.22. The Balaban J connectivity index is 1.93. The van der Waals surface area contributed by atoms with Crippen LogP contribution in [0.5, 0.6) is 0 Å². The monoisotopic (exact) mass is 166 g/mol. The largest absolute Gasteiger partial charge is 0.365 e. The summed E-state index contributed by atoms with van der Waals surface area (Å²) >= 11 is 0. The zero-order valence-corrected chi connectivity index (χ0v) is 7.36. The highest BCUT2D eigenvalue weighted by Crippen LogP contribution is 2.25. The summed E-state index contributed by atoms with van der Waals surface area (Å²) in [7, 11) is 0. The highest BCUT2D eigenvalue weighted by atomic mass is 16.6. The van der Waals surface area contributed by atoms with E-state index in [0.717, 1.165) is 6.54 Å². The van der Waals surface area contributed by atoms with Crippen LogP contribution in [0.25, 0.3) is 0 Å². The van der Waals surface area contributed by atoms with Gasteiger partial charge in [0.15, 0.2) is 0 Å². The summed E-state index contributed by atoms with van der Waals surface area (Å²) in [6.07, 6.45) is 4.73. The third kappa shape index (κ3) is 1.37. The van der Waals surface area contributed by atoms with Crippen LogP contribution in [-0.2, 0) is 4.84 Å². The van der Waals surface area contributed by atoms with Crippen molar-refractivity contribution in [2.45, 2.75) is 13.3 Å². The lowest BCUT2D eigenvalue weighted by molar-refractivity contribution is 0.263. The van der Waals surface area contributed by atoms with E-state index in [1.165, 1.54) is 25.2 Å². The topological polar surface area (TPSA) is 24.8 Å². The summed E-state index contributed by atoms with van der Waals surface area (Å²) in [5.74, 6) is 0.676. The first-order chi connectivity index (χ1) is 5.90. The Kier molecular flexibility index (Phi) is 2.13. The molecule has 0 spiro atoms. The van der Waals surface area contributed by atoms with Gasteiger partial charge >= 0.3 is 0 Å². The number of piperidine rings is 1. The van der Waals surface area contributed by atoms with Crippen molar-refractivity contribution >= 4 is 5.71 Å². The molecule has 2 atom stereocenters. The SMILES string of the molecule is C/C=C\O/N=C1/CN2CCC1C2. The lowest BCUT2D eigenvalue weighted by Gasteiger charge is -2.11. The Hall–Kier alpha value is -0.830. The molecule has 2 unspecified atom stereocenters. The highest BCUT2D eigenvalue weighted by molar-refractivity contribution is 5.91. The van der Waals surface area contributed by atoms with E-state index in [4.69, 9.17) is 4.84 Å². The third-order valence-electron chi connectivity index (χ3n) is 2.50. The van der Waals surface area contributed by atoms with Gasteiger partial charge in [-0.3, -0.25) is 4.90 Å². The van der Waals surface area contributed by atoms with Crippen LogP contribution in [0.4, 0.5) is 0 Å². The highest BCUT2D eigenvalue weighted by Gasteiger charge is 2.35. The van der Waals surface area contributed by atoms with E-state index in [-0.39, 0.29) is 0 Å². The number of nitrogens with zero attached hydrogens (tertiary/aromatic N) is 2. The molecule has 12 heavy (non-hydrogen) atoms. The fourth-order valence-electron chi connectivity index (χ4n) is 1.87. The molecule has 2 aliphatic heterocycles. The molecule has 0 radical (unpaired) electrons. The zero-order valence-electron chi connectivity index (χ0n) is 7.36. The molecule has 2 saturated heterocycles. The fraction of sp³-hybridized carbons (Fsp3) is 0.667. The number of fused-ring (bicyclic) bond motifs is 2. The molecule has 0 aromatic rings. The van der Waals surface area contributed by atoms with Gasteiger partial charge in [-0.05, 0) is 26.0 Å². The van der Waals surface area contributed by atoms with E-state index in [1.54, 1.807) is 6.26 Å². The first-order valence-electron chi connectivity index (χ1n) is 4.46. The van der Waals surface area contributed by atoms with Gasteiger partial charge in [0.2, 0.25) is 0 Å².